The van der Waals surface area contributed by atoms with Crippen LogP contribution in [0.25, 0.3) is 0 Å². The summed E-state index contributed by atoms with van der Waals surface area (Å²) in [7, 11) is -2.08. The monoisotopic (exact) mass is 406 g/mol. The van der Waals surface area contributed by atoms with E-state index in [2.05, 4.69) is 10.0 Å². The lowest BCUT2D eigenvalue weighted by molar-refractivity contribution is -0.121. The normalized spacial score (nSPS) is 11.5. The molecule has 5 nitrogen and oxygen atoms in total. The second-order valence-corrected chi connectivity index (χ2v) is 8.98. The molecule has 0 bridgehead atoms. The number of aryl methyl sites for hydroxylation is 1. The van der Waals surface area contributed by atoms with E-state index in [0.29, 0.717) is 16.5 Å². The number of amides is 1. The maximum atomic E-state index is 11.9. The molecule has 0 saturated carbocycles. The average Bonchev–Trinajstić information content (AvgIpc) is 3.04. The van der Waals surface area contributed by atoms with Crippen LogP contribution in [0.1, 0.15) is 16.9 Å². The van der Waals surface area contributed by atoms with Gasteiger partial charge in [0.2, 0.25) is 15.9 Å². The van der Waals surface area contributed by atoms with Gasteiger partial charge >= 0.3 is 0 Å². The van der Waals surface area contributed by atoms with Crippen LogP contribution in [0, 0.1) is 0 Å². The summed E-state index contributed by atoms with van der Waals surface area (Å²) in [6.45, 7) is 0.284. The number of nitrogens with one attached hydrogen (secondary N) is 2. The van der Waals surface area contributed by atoms with Gasteiger partial charge in [-0.2, -0.15) is 0 Å². The highest BCUT2D eigenvalue weighted by Crippen LogP contribution is 2.26. The first-order chi connectivity index (χ1) is 11.3. The Hall–Kier alpha value is -1.12. The SMILES string of the molecule is CNS(=O)(=O)c1ccc(CNC(=O)CCc2cccc(Cl)c2Cl)s1. The van der Waals surface area contributed by atoms with Crippen molar-refractivity contribution in [3.8, 4) is 0 Å². The Morgan fingerprint density at radius 1 is 1.21 bits per heavy atom. The summed E-state index contributed by atoms with van der Waals surface area (Å²) in [6, 6.07) is 8.51. The molecular formula is C15H16Cl2N2O3S2. The zero-order valence-corrected chi connectivity index (χ0v) is 16.0. The van der Waals surface area contributed by atoms with Crippen LogP contribution in [-0.2, 0) is 27.8 Å². The first-order valence-electron chi connectivity index (χ1n) is 7.05. The molecule has 24 heavy (non-hydrogen) atoms. The highest BCUT2D eigenvalue weighted by molar-refractivity contribution is 7.91. The fourth-order valence-corrected chi connectivity index (χ4v) is 4.51. The molecule has 0 aliphatic heterocycles. The Balaban J connectivity index is 1.87. The van der Waals surface area contributed by atoms with E-state index >= 15 is 0 Å². The average molecular weight is 407 g/mol. The lowest BCUT2D eigenvalue weighted by atomic mass is 10.1. The Labute approximate surface area is 155 Å². The van der Waals surface area contributed by atoms with Gasteiger partial charge in [0.05, 0.1) is 16.6 Å². The molecule has 0 aliphatic rings. The van der Waals surface area contributed by atoms with Gasteiger partial charge in [-0.3, -0.25) is 4.79 Å². The molecule has 2 rings (SSSR count). The van der Waals surface area contributed by atoms with E-state index in [-0.39, 0.29) is 23.1 Å². The van der Waals surface area contributed by atoms with E-state index in [1.165, 1.54) is 13.1 Å². The molecule has 0 spiro atoms. The predicted molar refractivity (Wildman–Crippen MR) is 97.2 cm³/mol. The fourth-order valence-electron chi connectivity index (χ4n) is 1.96. The number of rotatable bonds is 7. The molecule has 0 saturated heterocycles. The van der Waals surface area contributed by atoms with Crippen LogP contribution in [0.4, 0.5) is 0 Å². The van der Waals surface area contributed by atoms with E-state index in [9.17, 15) is 13.2 Å². The molecule has 9 heteroatoms. The summed E-state index contributed by atoms with van der Waals surface area (Å²) in [6.07, 6.45) is 0.752. The minimum Gasteiger partial charge on any atom is -0.351 e. The van der Waals surface area contributed by atoms with Crippen LogP contribution in [0.15, 0.2) is 34.5 Å². The number of carbonyl (C=O) groups is 1. The first-order valence-corrected chi connectivity index (χ1v) is 10.1. The quantitative estimate of drug-likeness (QED) is 0.740. The van der Waals surface area contributed by atoms with Crippen LogP contribution < -0.4 is 10.0 Å². The number of thiophene rings is 1. The van der Waals surface area contributed by atoms with E-state index < -0.39 is 10.0 Å². The molecule has 0 aliphatic carbocycles. The molecular weight excluding hydrogens is 391 g/mol. The smallest absolute Gasteiger partial charge is 0.249 e. The van der Waals surface area contributed by atoms with E-state index in [1.807, 2.05) is 6.07 Å². The van der Waals surface area contributed by atoms with Crippen molar-refractivity contribution in [3.63, 3.8) is 0 Å². The van der Waals surface area contributed by atoms with E-state index in [1.54, 1.807) is 18.2 Å². The van der Waals surface area contributed by atoms with Crippen molar-refractivity contribution in [2.45, 2.75) is 23.6 Å². The van der Waals surface area contributed by atoms with Crippen molar-refractivity contribution in [2.75, 3.05) is 7.05 Å². The summed E-state index contributed by atoms with van der Waals surface area (Å²) in [4.78, 5) is 12.7. The van der Waals surface area contributed by atoms with Crippen molar-refractivity contribution in [3.05, 3.63) is 50.8 Å². The van der Waals surface area contributed by atoms with Gasteiger partial charge < -0.3 is 5.32 Å². The van der Waals surface area contributed by atoms with Gasteiger partial charge in [0, 0.05) is 11.3 Å². The Bertz CT molecular complexity index is 835. The Morgan fingerprint density at radius 2 is 1.96 bits per heavy atom. The van der Waals surface area contributed by atoms with Gasteiger partial charge in [-0.15, -0.1) is 11.3 Å². The van der Waals surface area contributed by atoms with Gasteiger partial charge in [0.1, 0.15) is 4.21 Å². The van der Waals surface area contributed by atoms with Gasteiger partial charge in [0.25, 0.3) is 0 Å². The lowest BCUT2D eigenvalue weighted by Gasteiger charge is -2.06. The predicted octanol–water partition coefficient (Wildman–Crippen LogP) is 3.21. The number of hydrogen-bond donors (Lipinski definition) is 2. The molecule has 2 N–H and O–H groups in total. The molecule has 0 atom stereocenters. The number of hydrogen-bond acceptors (Lipinski definition) is 4. The number of halogens is 2. The van der Waals surface area contributed by atoms with Gasteiger partial charge in [-0.1, -0.05) is 35.3 Å². The minimum absolute atomic E-state index is 0.141. The van der Waals surface area contributed by atoms with Crippen molar-refractivity contribution in [1.29, 1.82) is 0 Å². The van der Waals surface area contributed by atoms with Crippen LogP contribution in [-0.4, -0.2) is 21.4 Å². The van der Waals surface area contributed by atoms with Crippen LogP contribution in [0.5, 0.6) is 0 Å². The third-order valence-electron chi connectivity index (χ3n) is 3.28. The Kier molecular flexibility index (Phi) is 6.65. The molecule has 1 heterocycles. The van der Waals surface area contributed by atoms with Crippen LogP contribution in [0.3, 0.4) is 0 Å². The molecule has 0 unspecified atom stereocenters. The van der Waals surface area contributed by atoms with Gasteiger partial charge in [-0.25, -0.2) is 13.1 Å². The Morgan fingerprint density at radius 3 is 2.67 bits per heavy atom. The number of benzene rings is 1. The molecule has 130 valence electrons. The molecule has 0 fully saturated rings. The summed E-state index contributed by atoms with van der Waals surface area (Å²) in [5.41, 5.74) is 0.817. The molecule has 0 radical (unpaired) electrons. The summed E-state index contributed by atoms with van der Waals surface area (Å²) in [5, 5.41) is 3.70. The number of sulfonamides is 1. The number of carbonyl (C=O) groups excluding carboxylic acids is 1. The standard InChI is InChI=1S/C15H16Cl2N2O3S2/c1-18-24(21,22)14-8-6-11(23-14)9-19-13(20)7-5-10-3-2-4-12(16)15(10)17/h2-4,6,8,18H,5,7,9H2,1H3,(H,19,20). The highest BCUT2D eigenvalue weighted by Gasteiger charge is 2.14. The largest absolute Gasteiger partial charge is 0.351 e. The van der Waals surface area contributed by atoms with Crippen molar-refractivity contribution < 1.29 is 13.2 Å². The molecule has 1 aromatic heterocycles. The third-order valence-corrected chi connectivity index (χ3v) is 7.13. The second-order valence-electron chi connectivity index (χ2n) is 4.92. The fraction of sp³-hybridized carbons (Fsp3) is 0.267. The molecule has 1 amide bonds. The summed E-state index contributed by atoms with van der Waals surface area (Å²) in [5.74, 6) is -0.141. The highest BCUT2D eigenvalue weighted by atomic mass is 35.5. The van der Waals surface area contributed by atoms with Crippen molar-refractivity contribution in [2.24, 2.45) is 0 Å². The summed E-state index contributed by atoms with van der Waals surface area (Å²) < 4.78 is 25.8. The third kappa shape index (κ3) is 4.94. The van der Waals surface area contributed by atoms with E-state index in [0.717, 1.165) is 21.8 Å². The van der Waals surface area contributed by atoms with Gasteiger partial charge in [-0.05, 0) is 37.2 Å². The van der Waals surface area contributed by atoms with Gasteiger partial charge in [0.15, 0.2) is 0 Å². The second kappa shape index (κ2) is 8.31. The minimum atomic E-state index is -3.44. The van der Waals surface area contributed by atoms with Crippen LogP contribution >= 0.6 is 34.5 Å². The first kappa shape index (κ1) is 19.2. The maximum absolute atomic E-state index is 11.9. The maximum Gasteiger partial charge on any atom is 0.249 e. The summed E-state index contributed by atoms with van der Waals surface area (Å²) >= 11 is 13.1. The van der Waals surface area contributed by atoms with Crippen molar-refractivity contribution >= 4 is 50.5 Å². The molecule has 2 aromatic rings. The molecule has 1 aromatic carbocycles. The topological polar surface area (TPSA) is 75.3 Å². The van der Waals surface area contributed by atoms with Crippen LogP contribution in [0.2, 0.25) is 10.0 Å². The lowest BCUT2D eigenvalue weighted by Crippen LogP contribution is -2.22. The zero-order valence-electron chi connectivity index (χ0n) is 12.8. The zero-order chi connectivity index (χ0) is 17.7. The van der Waals surface area contributed by atoms with Crippen molar-refractivity contribution in [1.82, 2.24) is 10.0 Å². The van der Waals surface area contributed by atoms with E-state index in [4.69, 9.17) is 23.2 Å².